The number of carbonyl (C=O) groups excluding carboxylic acids is 1. The molecule has 0 bridgehead atoms. The largest absolute Gasteiger partial charge is 0.439 e. The Hall–Kier alpha value is -0.810. The zero-order valence-electron chi connectivity index (χ0n) is 19.2. The van der Waals surface area contributed by atoms with Crippen LogP contribution < -0.4 is 0 Å². The average Bonchev–Trinajstić information content (AvgIpc) is 3.17. The van der Waals surface area contributed by atoms with Crippen LogP contribution in [0.1, 0.15) is 107 Å². The Morgan fingerprint density at radius 2 is 1.59 bits per heavy atom. The van der Waals surface area contributed by atoms with Gasteiger partial charge in [-0.1, -0.05) is 58.3 Å². The quantitative estimate of drug-likeness (QED) is 0.170. The number of hydrogen-bond donors (Lipinski definition) is 0. The third-order valence-electron chi connectivity index (χ3n) is 5.16. The topological polar surface area (TPSA) is 46.3 Å². The van der Waals surface area contributed by atoms with Crippen LogP contribution in [0.3, 0.4) is 0 Å². The van der Waals surface area contributed by atoms with Crippen LogP contribution in [0.5, 0.6) is 0 Å². The number of nitrogens with zero attached hydrogens (tertiary/aromatic N) is 2. The zero-order chi connectivity index (χ0) is 21.2. The molecule has 0 saturated heterocycles. The Kier molecular flexibility index (Phi) is 16.3. The molecule has 0 aliphatic carbocycles. The molecule has 0 unspecified atom stereocenters. The van der Waals surface area contributed by atoms with Gasteiger partial charge in [-0.15, -0.1) is 0 Å². The van der Waals surface area contributed by atoms with Crippen molar-refractivity contribution in [3.8, 4) is 0 Å². The summed E-state index contributed by atoms with van der Waals surface area (Å²) in [5, 5.41) is 0. The second-order valence-corrected chi connectivity index (χ2v) is 9.58. The van der Waals surface area contributed by atoms with E-state index in [1.54, 1.807) is 6.20 Å². The van der Waals surface area contributed by atoms with E-state index >= 15 is 0 Å². The molecule has 0 aliphatic rings. The van der Waals surface area contributed by atoms with Gasteiger partial charge in [0.2, 0.25) is 5.78 Å². The van der Waals surface area contributed by atoms with E-state index in [2.05, 4.69) is 30.9 Å². The first-order chi connectivity index (χ1) is 14.1. The van der Waals surface area contributed by atoms with Gasteiger partial charge in [-0.3, -0.25) is 4.79 Å². The molecule has 0 aromatic carbocycles. The average molecular weight is 425 g/mol. The maximum absolute atomic E-state index is 12.2. The summed E-state index contributed by atoms with van der Waals surface area (Å²) in [6.45, 7) is 3.42. The number of hydrogen-bond acceptors (Lipinski definition) is 5. The molecule has 0 spiro atoms. The van der Waals surface area contributed by atoms with Crippen molar-refractivity contribution in [2.75, 3.05) is 32.1 Å². The van der Waals surface area contributed by atoms with Gasteiger partial charge >= 0.3 is 0 Å². The Bertz CT molecular complexity index is 517. The van der Waals surface area contributed by atoms with E-state index in [0.717, 1.165) is 31.4 Å². The summed E-state index contributed by atoms with van der Waals surface area (Å²) in [6.07, 6.45) is 18.1. The zero-order valence-corrected chi connectivity index (χ0v) is 20.0. The van der Waals surface area contributed by atoms with Crippen molar-refractivity contribution in [2.45, 2.75) is 96.8 Å². The summed E-state index contributed by atoms with van der Waals surface area (Å²) in [5.74, 6) is 3.68. The lowest BCUT2D eigenvalue weighted by Gasteiger charge is -2.08. The minimum absolute atomic E-state index is 0.0654. The summed E-state index contributed by atoms with van der Waals surface area (Å²) in [7, 11) is 4.25. The van der Waals surface area contributed by atoms with Crippen molar-refractivity contribution in [3.05, 3.63) is 17.8 Å². The highest BCUT2D eigenvalue weighted by atomic mass is 32.2. The maximum atomic E-state index is 12.2. The maximum Gasteiger partial charge on any atom is 0.263 e. The molecule has 0 saturated carbocycles. The number of aromatic nitrogens is 1. The fraction of sp³-hybridized carbons (Fsp3) is 0.833. The van der Waals surface area contributed by atoms with Crippen LogP contribution in [0.2, 0.25) is 0 Å². The van der Waals surface area contributed by atoms with E-state index in [9.17, 15) is 4.79 Å². The van der Waals surface area contributed by atoms with Crippen LogP contribution >= 0.6 is 11.8 Å². The Labute approximate surface area is 183 Å². The molecule has 0 atom stereocenters. The number of aryl methyl sites for hydroxylation is 1. The highest BCUT2D eigenvalue weighted by Crippen LogP contribution is 2.15. The molecule has 0 fully saturated rings. The van der Waals surface area contributed by atoms with Crippen LogP contribution in [-0.4, -0.2) is 47.8 Å². The Morgan fingerprint density at radius 3 is 2.28 bits per heavy atom. The second-order valence-electron chi connectivity index (χ2n) is 8.36. The summed E-state index contributed by atoms with van der Waals surface area (Å²) in [6, 6.07) is 0. The van der Waals surface area contributed by atoms with Crippen LogP contribution in [-0.2, 0) is 6.42 Å². The minimum Gasteiger partial charge on any atom is -0.439 e. The molecule has 0 amide bonds. The van der Waals surface area contributed by atoms with Gasteiger partial charge in [0, 0.05) is 12.8 Å². The number of ketones is 1. The van der Waals surface area contributed by atoms with Crippen molar-refractivity contribution in [2.24, 2.45) is 0 Å². The van der Waals surface area contributed by atoms with Gasteiger partial charge in [0.1, 0.15) is 5.76 Å². The highest BCUT2D eigenvalue weighted by Gasteiger charge is 2.12. The summed E-state index contributed by atoms with van der Waals surface area (Å²) >= 11 is 2.03. The number of rotatable bonds is 20. The summed E-state index contributed by atoms with van der Waals surface area (Å²) < 4.78 is 5.68. The molecule has 1 heterocycles. The highest BCUT2D eigenvalue weighted by molar-refractivity contribution is 7.99. The molecule has 1 aromatic rings. The lowest BCUT2D eigenvalue weighted by molar-refractivity contribution is 0.0943. The SMILES string of the molecule is CCCCCCCCCCCC(=O)c1ncc(CCCCSCCCN(C)C)o1. The fourth-order valence-electron chi connectivity index (χ4n) is 3.34. The van der Waals surface area contributed by atoms with Gasteiger partial charge in [-0.2, -0.15) is 11.8 Å². The van der Waals surface area contributed by atoms with E-state index in [4.69, 9.17) is 4.42 Å². The van der Waals surface area contributed by atoms with Crippen LogP contribution in [0.15, 0.2) is 10.6 Å². The minimum atomic E-state index is 0.0654. The normalized spacial score (nSPS) is 11.4. The third kappa shape index (κ3) is 14.8. The number of unbranched alkanes of at least 4 members (excludes halogenated alkanes) is 9. The van der Waals surface area contributed by atoms with Crippen molar-refractivity contribution >= 4 is 17.5 Å². The van der Waals surface area contributed by atoms with Gasteiger partial charge in [0.25, 0.3) is 5.89 Å². The first-order valence-corrected chi connectivity index (χ1v) is 13.0. The standard InChI is InChI=1S/C24H44N2O2S/c1-4-5-6-7-8-9-10-11-12-17-23(27)24-25-21-22(28-24)16-13-14-19-29-20-15-18-26(2)3/h21H,4-20H2,1-3H3. The number of oxazole rings is 1. The molecule has 1 rings (SSSR count). The van der Waals surface area contributed by atoms with Gasteiger partial charge in [-0.05, 0) is 57.8 Å². The van der Waals surface area contributed by atoms with Gasteiger partial charge in [-0.25, -0.2) is 4.98 Å². The third-order valence-corrected chi connectivity index (χ3v) is 6.31. The molecular weight excluding hydrogens is 380 g/mol. The molecule has 0 aliphatic heterocycles. The van der Waals surface area contributed by atoms with Gasteiger partial charge in [0.05, 0.1) is 6.20 Å². The van der Waals surface area contributed by atoms with E-state index in [1.165, 1.54) is 75.8 Å². The van der Waals surface area contributed by atoms with Gasteiger partial charge in [0.15, 0.2) is 0 Å². The predicted molar refractivity (Wildman–Crippen MR) is 126 cm³/mol. The Morgan fingerprint density at radius 1 is 0.931 bits per heavy atom. The van der Waals surface area contributed by atoms with E-state index in [-0.39, 0.29) is 5.78 Å². The first-order valence-electron chi connectivity index (χ1n) is 11.8. The van der Waals surface area contributed by atoms with Crippen molar-refractivity contribution in [3.63, 3.8) is 0 Å². The summed E-state index contributed by atoms with van der Waals surface area (Å²) in [4.78, 5) is 18.7. The number of Topliss-reactive ketones (excluding diaryl/α,β-unsaturated/α-hetero) is 1. The van der Waals surface area contributed by atoms with Crippen molar-refractivity contribution in [1.82, 2.24) is 9.88 Å². The first kappa shape index (κ1) is 26.2. The van der Waals surface area contributed by atoms with Crippen LogP contribution in [0, 0.1) is 0 Å². The summed E-state index contributed by atoms with van der Waals surface area (Å²) in [5.41, 5.74) is 0. The van der Waals surface area contributed by atoms with E-state index < -0.39 is 0 Å². The molecule has 0 radical (unpaired) electrons. The predicted octanol–water partition coefficient (Wildman–Crippen LogP) is 6.79. The van der Waals surface area contributed by atoms with E-state index in [0.29, 0.717) is 12.3 Å². The van der Waals surface area contributed by atoms with Crippen LogP contribution in [0.25, 0.3) is 0 Å². The molecular formula is C24H44N2O2S. The van der Waals surface area contributed by atoms with Crippen LogP contribution in [0.4, 0.5) is 0 Å². The molecule has 29 heavy (non-hydrogen) atoms. The van der Waals surface area contributed by atoms with Crippen molar-refractivity contribution in [1.29, 1.82) is 0 Å². The van der Waals surface area contributed by atoms with Gasteiger partial charge < -0.3 is 9.32 Å². The van der Waals surface area contributed by atoms with E-state index in [1.807, 2.05) is 11.8 Å². The lowest BCUT2D eigenvalue weighted by atomic mass is 10.1. The smallest absolute Gasteiger partial charge is 0.263 e. The number of thioether (sulfide) groups is 1. The van der Waals surface area contributed by atoms with Crippen molar-refractivity contribution < 1.29 is 9.21 Å². The molecule has 168 valence electrons. The Balaban J connectivity index is 2.01. The lowest BCUT2D eigenvalue weighted by Crippen LogP contribution is -2.13. The number of carbonyl (C=O) groups is 1. The molecule has 0 N–H and O–H groups in total. The molecule has 4 nitrogen and oxygen atoms in total. The molecule has 1 aromatic heterocycles. The molecule has 5 heteroatoms. The second kappa shape index (κ2) is 18.0. The fourth-order valence-corrected chi connectivity index (χ4v) is 4.29. The monoisotopic (exact) mass is 424 g/mol.